The first kappa shape index (κ1) is 18.9. The van der Waals surface area contributed by atoms with Crippen molar-refractivity contribution >= 4 is 23.3 Å². The maximum atomic E-state index is 12.0. The van der Waals surface area contributed by atoms with Gasteiger partial charge in [0.25, 0.3) is 5.91 Å². The summed E-state index contributed by atoms with van der Waals surface area (Å²) in [5.41, 5.74) is 2.37. The number of halogens is 1. The Balaban J connectivity index is 1.83. The molecule has 3 aromatic rings. The van der Waals surface area contributed by atoms with Crippen LogP contribution in [0.2, 0.25) is 5.02 Å². The molecule has 1 amide bonds. The maximum absolute atomic E-state index is 12.0. The second-order valence-corrected chi connectivity index (χ2v) is 6.51. The van der Waals surface area contributed by atoms with Gasteiger partial charge in [-0.1, -0.05) is 36.7 Å². The molecule has 5 nitrogen and oxygen atoms in total. The van der Waals surface area contributed by atoms with E-state index in [-0.39, 0.29) is 11.9 Å². The molecule has 0 fully saturated rings. The highest BCUT2D eigenvalue weighted by Gasteiger charge is 2.16. The smallest absolute Gasteiger partial charge is 0.252 e. The normalized spacial score (nSPS) is 11.6. The molecule has 1 aromatic carbocycles. The van der Waals surface area contributed by atoms with Crippen molar-refractivity contribution in [3.8, 4) is 0 Å². The second kappa shape index (κ2) is 9.14. The number of carbonyl (C=O) groups excluding carboxylic acids is 1. The summed E-state index contributed by atoms with van der Waals surface area (Å²) in [5.74, 6) is 0.532. The van der Waals surface area contributed by atoms with Crippen molar-refractivity contribution in [2.75, 3.05) is 11.9 Å². The predicted octanol–water partition coefficient (Wildman–Crippen LogP) is 4.47. The molecular formula is C21H21ClN4O. The number of amides is 1. The van der Waals surface area contributed by atoms with Crippen LogP contribution in [-0.2, 0) is 0 Å². The van der Waals surface area contributed by atoms with E-state index < -0.39 is 0 Å². The SMILES string of the molecule is CCCNC(=O)c1ccc(NC(c2cccc(Cl)c2)c2ccccn2)nc1. The fourth-order valence-corrected chi connectivity index (χ4v) is 2.86. The molecule has 27 heavy (non-hydrogen) atoms. The van der Waals surface area contributed by atoms with Crippen molar-refractivity contribution in [3.63, 3.8) is 0 Å². The summed E-state index contributed by atoms with van der Waals surface area (Å²) >= 11 is 6.17. The first-order chi connectivity index (χ1) is 13.2. The van der Waals surface area contributed by atoms with Gasteiger partial charge in [0.2, 0.25) is 0 Å². The Bertz CT molecular complexity index is 884. The molecule has 1 atom stereocenters. The molecule has 6 heteroatoms. The topological polar surface area (TPSA) is 66.9 Å². The number of pyridine rings is 2. The number of benzene rings is 1. The zero-order valence-corrected chi connectivity index (χ0v) is 15.8. The van der Waals surface area contributed by atoms with Gasteiger partial charge in [0.05, 0.1) is 17.3 Å². The average Bonchev–Trinajstić information content (AvgIpc) is 2.71. The molecule has 0 saturated carbocycles. The van der Waals surface area contributed by atoms with Crippen LogP contribution in [0.4, 0.5) is 5.82 Å². The molecule has 0 aliphatic rings. The summed E-state index contributed by atoms with van der Waals surface area (Å²) in [6.45, 7) is 2.66. The third-order valence-electron chi connectivity index (χ3n) is 4.02. The lowest BCUT2D eigenvalue weighted by molar-refractivity contribution is 0.0953. The van der Waals surface area contributed by atoms with E-state index in [2.05, 4.69) is 20.6 Å². The second-order valence-electron chi connectivity index (χ2n) is 6.07. The molecule has 0 bridgehead atoms. The molecule has 0 aliphatic carbocycles. The summed E-state index contributed by atoms with van der Waals surface area (Å²) in [7, 11) is 0. The van der Waals surface area contributed by atoms with Gasteiger partial charge < -0.3 is 10.6 Å². The molecule has 2 N–H and O–H groups in total. The Hall–Kier alpha value is -2.92. The lowest BCUT2D eigenvalue weighted by Gasteiger charge is -2.20. The zero-order valence-electron chi connectivity index (χ0n) is 15.0. The standard InChI is InChI=1S/C21H21ClN4O/c1-2-11-24-21(27)16-9-10-19(25-14-16)26-20(18-8-3-4-12-23-18)15-6-5-7-17(22)13-15/h3-10,12-14,20H,2,11H2,1H3,(H,24,27)(H,25,26). The summed E-state index contributed by atoms with van der Waals surface area (Å²) in [5, 5.41) is 6.89. The van der Waals surface area contributed by atoms with Gasteiger partial charge in [0.15, 0.2) is 0 Å². The number of anilines is 1. The quantitative estimate of drug-likeness (QED) is 0.634. The molecule has 3 rings (SSSR count). The van der Waals surface area contributed by atoms with E-state index in [1.807, 2.05) is 49.4 Å². The highest BCUT2D eigenvalue weighted by Crippen LogP contribution is 2.26. The number of aromatic nitrogens is 2. The van der Waals surface area contributed by atoms with E-state index in [1.54, 1.807) is 24.5 Å². The van der Waals surface area contributed by atoms with Crippen LogP contribution in [0.1, 0.15) is 41.0 Å². The highest BCUT2D eigenvalue weighted by atomic mass is 35.5. The first-order valence-electron chi connectivity index (χ1n) is 8.84. The lowest BCUT2D eigenvalue weighted by atomic mass is 10.0. The monoisotopic (exact) mass is 380 g/mol. The van der Waals surface area contributed by atoms with Crippen LogP contribution in [0.5, 0.6) is 0 Å². The molecule has 2 aromatic heterocycles. The number of nitrogens with one attached hydrogen (secondary N) is 2. The van der Waals surface area contributed by atoms with Crippen LogP contribution in [0.3, 0.4) is 0 Å². The van der Waals surface area contributed by atoms with Crippen LogP contribution < -0.4 is 10.6 Å². The van der Waals surface area contributed by atoms with Crippen molar-refractivity contribution in [3.05, 3.63) is 88.8 Å². The molecule has 0 radical (unpaired) electrons. The molecule has 0 aliphatic heterocycles. The van der Waals surface area contributed by atoms with Crippen LogP contribution in [0.15, 0.2) is 67.0 Å². The predicted molar refractivity (Wildman–Crippen MR) is 108 cm³/mol. The van der Waals surface area contributed by atoms with Gasteiger partial charge in [-0.05, 0) is 48.4 Å². The number of hydrogen-bond acceptors (Lipinski definition) is 4. The molecule has 0 spiro atoms. The Kier molecular flexibility index (Phi) is 6.39. The van der Waals surface area contributed by atoms with Gasteiger partial charge in [-0.3, -0.25) is 9.78 Å². The summed E-state index contributed by atoms with van der Waals surface area (Å²) in [6.07, 6.45) is 4.22. The van der Waals surface area contributed by atoms with E-state index in [0.717, 1.165) is 17.7 Å². The minimum atomic E-state index is -0.211. The first-order valence-corrected chi connectivity index (χ1v) is 9.22. The van der Waals surface area contributed by atoms with Crippen molar-refractivity contribution in [1.29, 1.82) is 0 Å². The number of hydrogen-bond donors (Lipinski definition) is 2. The Morgan fingerprint density at radius 1 is 1.11 bits per heavy atom. The van der Waals surface area contributed by atoms with E-state index in [9.17, 15) is 4.79 Å². The lowest BCUT2D eigenvalue weighted by Crippen LogP contribution is -2.24. The minimum absolute atomic E-state index is 0.119. The van der Waals surface area contributed by atoms with E-state index >= 15 is 0 Å². The van der Waals surface area contributed by atoms with Crippen molar-refractivity contribution in [2.45, 2.75) is 19.4 Å². The average molecular weight is 381 g/mol. The molecule has 138 valence electrons. The highest BCUT2D eigenvalue weighted by molar-refractivity contribution is 6.30. The van der Waals surface area contributed by atoms with Gasteiger partial charge in [-0.15, -0.1) is 0 Å². The largest absolute Gasteiger partial charge is 0.358 e. The number of carbonyl (C=O) groups is 1. The summed E-state index contributed by atoms with van der Waals surface area (Å²) in [4.78, 5) is 20.9. The maximum Gasteiger partial charge on any atom is 0.252 e. The van der Waals surface area contributed by atoms with Crippen LogP contribution in [-0.4, -0.2) is 22.4 Å². The Morgan fingerprint density at radius 2 is 2.00 bits per heavy atom. The summed E-state index contributed by atoms with van der Waals surface area (Å²) in [6, 6.07) is 16.7. The minimum Gasteiger partial charge on any atom is -0.358 e. The molecule has 1 unspecified atom stereocenters. The van der Waals surface area contributed by atoms with Crippen LogP contribution in [0.25, 0.3) is 0 Å². The third kappa shape index (κ3) is 5.05. The van der Waals surface area contributed by atoms with Crippen LogP contribution in [0, 0.1) is 0 Å². The van der Waals surface area contributed by atoms with Gasteiger partial charge in [-0.25, -0.2) is 4.98 Å². The van der Waals surface area contributed by atoms with Gasteiger partial charge in [0, 0.05) is 24.0 Å². The number of rotatable bonds is 7. The van der Waals surface area contributed by atoms with Crippen molar-refractivity contribution in [1.82, 2.24) is 15.3 Å². The van der Waals surface area contributed by atoms with Crippen LogP contribution >= 0.6 is 11.6 Å². The zero-order chi connectivity index (χ0) is 19.1. The molecule has 2 heterocycles. The third-order valence-corrected chi connectivity index (χ3v) is 4.25. The Morgan fingerprint density at radius 3 is 2.67 bits per heavy atom. The van der Waals surface area contributed by atoms with Gasteiger partial charge in [0.1, 0.15) is 5.82 Å². The fraction of sp³-hybridized carbons (Fsp3) is 0.190. The van der Waals surface area contributed by atoms with Crippen molar-refractivity contribution in [2.24, 2.45) is 0 Å². The molecule has 0 saturated heterocycles. The Labute approximate surface area is 163 Å². The number of nitrogens with zero attached hydrogens (tertiary/aromatic N) is 2. The molecular weight excluding hydrogens is 360 g/mol. The fourth-order valence-electron chi connectivity index (χ4n) is 2.66. The van der Waals surface area contributed by atoms with Gasteiger partial charge in [-0.2, -0.15) is 0 Å². The van der Waals surface area contributed by atoms with Gasteiger partial charge >= 0.3 is 0 Å². The van der Waals surface area contributed by atoms with E-state index in [4.69, 9.17) is 11.6 Å². The van der Waals surface area contributed by atoms with E-state index in [1.165, 1.54) is 0 Å². The summed E-state index contributed by atoms with van der Waals surface area (Å²) < 4.78 is 0. The van der Waals surface area contributed by atoms with E-state index in [0.29, 0.717) is 22.9 Å². The van der Waals surface area contributed by atoms with Crippen molar-refractivity contribution < 1.29 is 4.79 Å².